The molecule has 7 unspecified atom stereocenters. The summed E-state index contributed by atoms with van der Waals surface area (Å²) in [5.41, 5.74) is 4.25. The Hall–Kier alpha value is -3.34. The second kappa shape index (κ2) is 14.2. The van der Waals surface area contributed by atoms with E-state index < -0.39 is 18.0 Å². The summed E-state index contributed by atoms with van der Waals surface area (Å²) in [6.45, 7) is 8.67. The number of phenolic OH excluding ortho intramolecular Hbond substituents is 1. The number of benzene rings is 2. The zero-order valence-electron chi connectivity index (χ0n) is 29.5. The number of piperazine rings is 1. The Labute approximate surface area is 299 Å². The smallest absolute Gasteiger partial charge is 0.433 e. The van der Waals surface area contributed by atoms with Gasteiger partial charge in [-0.2, -0.15) is 13.2 Å². The van der Waals surface area contributed by atoms with Gasteiger partial charge in [0.2, 0.25) is 5.88 Å². The predicted octanol–water partition coefficient (Wildman–Crippen LogP) is 8.17. The van der Waals surface area contributed by atoms with Gasteiger partial charge in [0.1, 0.15) is 23.7 Å². The molecule has 0 amide bonds. The number of hydrogen-bond donors (Lipinski definition) is 1. The molecule has 1 N–H and O–H groups in total. The maximum Gasteiger partial charge on any atom is 0.433 e. The third-order valence-corrected chi connectivity index (χ3v) is 12.9. The van der Waals surface area contributed by atoms with Crippen molar-refractivity contribution < 1.29 is 32.5 Å². The Morgan fingerprint density at radius 3 is 2.59 bits per heavy atom. The number of aryl methyl sites for hydroxylation is 1. The van der Waals surface area contributed by atoms with E-state index in [0.29, 0.717) is 36.7 Å². The highest BCUT2D eigenvalue weighted by Crippen LogP contribution is 2.61. The lowest BCUT2D eigenvalue weighted by Crippen LogP contribution is -2.48. The largest absolute Gasteiger partial charge is 0.508 e. The third-order valence-electron chi connectivity index (χ3n) is 12.9. The van der Waals surface area contributed by atoms with Crippen molar-refractivity contribution >= 4 is 5.69 Å². The van der Waals surface area contributed by atoms with Crippen molar-refractivity contribution in [3.63, 3.8) is 0 Å². The fourth-order valence-electron chi connectivity index (χ4n) is 10.2. The molecule has 7 nitrogen and oxygen atoms in total. The van der Waals surface area contributed by atoms with Gasteiger partial charge in [-0.1, -0.05) is 31.2 Å². The van der Waals surface area contributed by atoms with E-state index in [1.54, 1.807) is 0 Å². The van der Waals surface area contributed by atoms with E-state index in [1.165, 1.54) is 48.9 Å². The molecule has 8 rings (SSSR count). The number of fused-ring (bicyclic) bond motifs is 5. The Kier molecular flexibility index (Phi) is 9.70. The van der Waals surface area contributed by atoms with E-state index in [-0.39, 0.29) is 17.4 Å². The van der Waals surface area contributed by atoms with Crippen LogP contribution in [0.1, 0.15) is 86.3 Å². The average Bonchev–Trinajstić information content (AvgIpc) is 3.48. The summed E-state index contributed by atoms with van der Waals surface area (Å²) in [6, 6.07) is 18.1. The van der Waals surface area contributed by atoms with Crippen LogP contribution in [-0.2, 0) is 22.1 Å². The summed E-state index contributed by atoms with van der Waals surface area (Å²) in [7, 11) is 0. The Bertz CT molecular complexity index is 1660. The van der Waals surface area contributed by atoms with Crippen molar-refractivity contribution in [2.75, 3.05) is 50.8 Å². The van der Waals surface area contributed by atoms with Crippen LogP contribution in [0.4, 0.5) is 18.9 Å². The summed E-state index contributed by atoms with van der Waals surface area (Å²) in [4.78, 5) is 8.63. The molecular formula is C41H50F3N3O4. The molecule has 51 heavy (non-hydrogen) atoms. The van der Waals surface area contributed by atoms with E-state index in [0.717, 1.165) is 81.8 Å². The quantitative estimate of drug-likeness (QED) is 0.254. The lowest BCUT2D eigenvalue weighted by molar-refractivity contribution is -0.141. The van der Waals surface area contributed by atoms with Gasteiger partial charge in [-0.25, -0.2) is 4.98 Å². The van der Waals surface area contributed by atoms with Gasteiger partial charge >= 0.3 is 6.18 Å². The summed E-state index contributed by atoms with van der Waals surface area (Å²) >= 11 is 0. The van der Waals surface area contributed by atoms with Crippen LogP contribution in [0, 0.1) is 17.3 Å². The van der Waals surface area contributed by atoms with E-state index in [2.05, 4.69) is 52.0 Å². The molecule has 0 bridgehead atoms. The molecule has 5 aliphatic rings. The van der Waals surface area contributed by atoms with Gasteiger partial charge in [-0.3, -0.25) is 4.90 Å². The highest BCUT2D eigenvalue weighted by atomic mass is 19.4. The maximum atomic E-state index is 13.2. The first kappa shape index (κ1) is 34.7. The van der Waals surface area contributed by atoms with E-state index in [9.17, 15) is 18.3 Å². The molecule has 2 aromatic carbocycles. The molecular weight excluding hydrogens is 655 g/mol. The molecule has 2 aliphatic heterocycles. The van der Waals surface area contributed by atoms with Crippen LogP contribution in [0.2, 0.25) is 0 Å². The van der Waals surface area contributed by atoms with Crippen molar-refractivity contribution in [1.82, 2.24) is 9.88 Å². The van der Waals surface area contributed by atoms with Crippen LogP contribution in [0.5, 0.6) is 11.6 Å². The number of alkyl halides is 3. The highest BCUT2D eigenvalue weighted by Gasteiger charge is 2.55. The first-order valence-electron chi connectivity index (χ1n) is 19.0. The Morgan fingerprint density at radius 1 is 0.961 bits per heavy atom. The third kappa shape index (κ3) is 7.08. The van der Waals surface area contributed by atoms with Gasteiger partial charge in [0.05, 0.1) is 12.7 Å². The van der Waals surface area contributed by atoms with E-state index >= 15 is 0 Å². The number of rotatable bonds is 8. The monoisotopic (exact) mass is 705 g/mol. The van der Waals surface area contributed by atoms with Gasteiger partial charge in [0.15, 0.2) is 0 Å². The number of pyridine rings is 1. The minimum atomic E-state index is -4.52. The Balaban J connectivity index is 0.809. The lowest BCUT2D eigenvalue weighted by atomic mass is 9.55. The maximum absolute atomic E-state index is 13.2. The molecule has 7 atom stereocenters. The zero-order valence-corrected chi connectivity index (χ0v) is 29.5. The second-order valence-corrected chi connectivity index (χ2v) is 15.6. The molecule has 2 saturated carbocycles. The standard InChI is InChI=1S/C41H50F3N3O4/c1-40-18-17-32-31-14-12-30(48)26-28(31)9-13-33(32)34(40)15-16-37(40)49-25-23-46-19-21-47(22-20-46)29-10-7-27(8-11-29)39-35(4-3-24-50-39)51-38-6-2-5-36(45-38)41(42,43)44/h2,5-8,10-12,14,26,32-35,37,39,48H,3-4,9,13,15-25H2,1H3. The van der Waals surface area contributed by atoms with E-state index in [1.807, 2.05) is 12.1 Å². The molecule has 1 aromatic heterocycles. The van der Waals surface area contributed by atoms with Gasteiger partial charge < -0.3 is 24.2 Å². The van der Waals surface area contributed by atoms with Crippen LogP contribution in [0.15, 0.2) is 60.7 Å². The summed E-state index contributed by atoms with van der Waals surface area (Å²) in [5.74, 6) is 2.43. The second-order valence-electron chi connectivity index (χ2n) is 15.6. The first-order valence-corrected chi connectivity index (χ1v) is 19.0. The number of aromatic nitrogens is 1. The summed E-state index contributed by atoms with van der Waals surface area (Å²) < 4.78 is 58.4. The zero-order chi connectivity index (χ0) is 35.2. The number of phenols is 1. The minimum Gasteiger partial charge on any atom is -0.508 e. The minimum absolute atomic E-state index is 0.0342. The number of ether oxygens (including phenoxy) is 3. The summed E-state index contributed by atoms with van der Waals surface area (Å²) in [6.07, 6.45) is 3.65. The van der Waals surface area contributed by atoms with Crippen molar-refractivity contribution in [2.24, 2.45) is 17.3 Å². The molecule has 3 aromatic rings. The van der Waals surface area contributed by atoms with Crippen LogP contribution in [0.3, 0.4) is 0 Å². The molecule has 2 saturated heterocycles. The van der Waals surface area contributed by atoms with E-state index in [4.69, 9.17) is 14.2 Å². The normalized spacial score (nSPS) is 31.1. The number of aromatic hydroxyl groups is 1. The van der Waals surface area contributed by atoms with Crippen LogP contribution < -0.4 is 9.64 Å². The molecule has 274 valence electrons. The Morgan fingerprint density at radius 2 is 1.78 bits per heavy atom. The van der Waals surface area contributed by atoms with Crippen molar-refractivity contribution in [1.29, 1.82) is 0 Å². The molecule has 0 spiro atoms. The van der Waals surface area contributed by atoms with Crippen molar-refractivity contribution in [2.45, 2.75) is 88.7 Å². The number of hydrogen-bond acceptors (Lipinski definition) is 7. The number of halogens is 3. The van der Waals surface area contributed by atoms with Crippen molar-refractivity contribution in [3.05, 3.63) is 83.0 Å². The molecule has 10 heteroatoms. The fourth-order valence-corrected chi connectivity index (χ4v) is 10.2. The predicted molar refractivity (Wildman–Crippen MR) is 189 cm³/mol. The SMILES string of the molecule is CC12CCC3c4ccc(O)cc4CCC3C1CCC2OCCN1CCN(c2ccc(C3OCCCC3Oc3cccc(C(F)(F)F)n3)cc2)CC1. The molecule has 0 radical (unpaired) electrons. The molecule has 4 fully saturated rings. The van der Waals surface area contributed by atoms with Crippen LogP contribution >= 0.6 is 0 Å². The van der Waals surface area contributed by atoms with Gasteiger partial charge in [0.25, 0.3) is 0 Å². The highest BCUT2D eigenvalue weighted by molar-refractivity contribution is 5.48. The molecule has 3 heterocycles. The van der Waals surface area contributed by atoms with Gasteiger partial charge in [-0.05, 0) is 122 Å². The fraction of sp³-hybridized carbons (Fsp3) is 0.585. The van der Waals surface area contributed by atoms with Gasteiger partial charge in [-0.15, -0.1) is 0 Å². The molecule has 3 aliphatic carbocycles. The van der Waals surface area contributed by atoms with Crippen LogP contribution in [0.25, 0.3) is 0 Å². The lowest BCUT2D eigenvalue weighted by Gasteiger charge is -2.50. The first-order chi connectivity index (χ1) is 24.7. The summed E-state index contributed by atoms with van der Waals surface area (Å²) in [5, 5.41) is 10.0. The topological polar surface area (TPSA) is 67.3 Å². The van der Waals surface area contributed by atoms with Crippen molar-refractivity contribution in [3.8, 4) is 11.6 Å². The van der Waals surface area contributed by atoms with Gasteiger partial charge in [0, 0.05) is 51.1 Å². The number of anilines is 1. The number of nitrogens with zero attached hydrogens (tertiary/aromatic N) is 3. The van der Waals surface area contributed by atoms with Crippen LogP contribution in [-0.4, -0.2) is 73.1 Å². The average molecular weight is 706 g/mol.